The van der Waals surface area contributed by atoms with Gasteiger partial charge in [0.25, 0.3) is 5.91 Å². The average Bonchev–Trinajstić information content (AvgIpc) is 3.03. The smallest absolute Gasteiger partial charge is 0.251 e. The maximum absolute atomic E-state index is 12.3. The van der Waals surface area contributed by atoms with Crippen molar-refractivity contribution in [3.05, 3.63) is 54.1 Å². The summed E-state index contributed by atoms with van der Waals surface area (Å²) in [5.74, 6) is 0.0724. The quantitative estimate of drug-likeness (QED) is 0.750. The van der Waals surface area contributed by atoms with Gasteiger partial charge in [0.05, 0.1) is 11.9 Å². The highest BCUT2D eigenvalue weighted by atomic mass is 16.5. The minimum atomic E-state index is -0.319. The molecule has 128 valence electrons. The summed E-state index contributed by atoms with van der Waals surface area (Å²) in [5.41, 5.74) is 2.01. The molecule has 6 nitrogen and oxygen atoms in total. The van der Waals surface area contributed by atoms with E-state index in [1.165, 1.54) is 0 Å². The standard InChI is InChI=1S/C19H19N3O3/c1-12(2)21-17(23)11-20-19(24)14-8-9-16-15(10-14)18(25-22-16)13-6-4-3-5-7-13/h3-10,12H,11H2,1-2H3,(H,20,24)(H,21,23). The summed E-state index contributed by atoms with van der Waals surface area (Å²) in [7, 11) is 0. The largest absolute Gasteiger partial charge is 0.355 e. The van der Waals surface area contributed by atoms with Crippen LogP contribution in [0.5, 0.6) is 0 Å². The monoisotopic (exact) mass is 337 g/mol. The lowest BCUT2D eigenvalue weighted by atomic mass is 10.1. The third-order valence-corrected chi connectivity index (χ3v) is 3.63. The molecule has 3 rings (SSSR count). The van der Waals surface area contributed by atoms with Crippen LogP contribution < -0.4 is 10.6 Å². The Morgan fingerprint density at radius 1 is 1.12 bits per heavy atom. The lowest BCUT2D eigenvalue weighted by Crippen LogP contribution is -2.39. The van der Waals surface area contributed by atoms with Crippen molar-refractivity contribution in [1.29, 1.82) is 0 Å². The first-order valence-corrected chi connectivity index (χ1v) is 8.07. The van der Waals surface area contributed by atoms with E-state index in [0.29, 0.717) is 16.8 Å². The van der Waals surface area contributed by atoms with Crippen LogP contribution in [-0.2, 0) is 4.79 Å². The van der Waals surface area contributed by atoms with E-state index in [2.05, 4.69) is 15.8 Å². The summed E-state index contributed by atoms with van der Waals surface area (Å²) >= 11 is 0. The van der Waals surface area contributed by atoms with Crippen LogP contribution in [0.3, 0.4) is 0 Å². The molecule has 0 atom stereocenters. The van der Waals surface area contributed by atoms with Crippen molar-refractivity contribution in [3.63, 3.8) is 0 Å². The Bertz CT molecular complexity index is 901. The van der Waals surface area contributed by atoms with Crippen LogP contribution in [0.4, 0.5) is 0 Å². The molecule has 6 heteroatoms. The van der Waals surface area contributed by atoms with Crippen molar-refractivity contribution in [2.75, 3.05) is 6.54 Å². The highest BCUT2D eigenvalue weighted by Crippen LogP contribution is 2.29. The molecule has 3 aromatic rings. The van der Waals surface area contributed by atoms with Crippen LogP contribution in [0.15, 0.2) is 53.1 Å². The van der Waals surface area contributed by atoms with E-state index in [0.717, 1.165) is 10.9 Å². The van der Waals surface area contributed by atoms with Gasteiger partial charge in [0, 0.05) is 17.2 Å². The average molecular weight is 337 g/mol. The molecule has 0 fully saturated rings. The molecule has 0 aliphatic heterocycles. The van der Waals surface area contributed by atoms with Crippen LogP contribution in [0.1, 0.15) is 24.2 Å². The van der Waals surface area contributed by atoms with Crippen LogP contribution in [0.2, 0.25) is 0 Å². The number of benzene rings is 2. The normalized spacial score (nSPS) is 10.8. The zero-order chi connectivity index (χ0) is 17.8. The fourth-order valence-corrected chi connectivity index (χ4v) is 2.52. The summed E-state index contributed by atoms with van der Waals surface area (Å²) < 4.78 is 5.43. The molecule has 0 saturated carbocycles. The van der Waals surface area contributed by atoms with Crippen LogP contribution in [0, 0.1) is 0 Å². The van der Waals surface area contributed by atoms with Crippen molar-refractivity contribution in [3.8, 4) is 11.3 Å². The zero-order valence-electron chi connectivity index (χ0n) is 14.1. The predicted octanol–water partition coefficient (Wildman–Crippen LogP) is 2.75. The van der Waals surface area contributed by atoms with Gasteiger partial charge in [-0.15, -0.1) is 0 Å². The van der Waals surface area contributed by atoms with E-state index in [4.69, 9.17) is 4.52 Å². The van der Waals surface area contributed by atoms with Crippen molar-refractivity contribution < 1.29 is 14.1 Å². The number of fused-ring (bicyclic) bond motifs is 1. The van der Waals surface area contributed by atoms with Crippen molar-refractivity contribution in [1.82, 2.24) is 15.8 Å². The maximum Gasteiger partial charge on any atom is 0.251 e. The SMILES string of the molecule is CC(C)NC(=O)CNC(=O)c1ccc2noc(-c3ccccc3)c2c1. The van der Waals surface area contributed by atoms with Gasteiger partial charge in [0.15, 0.2) is 5.76 Å². The fourth-order valence-electron chi connectivity index (χ4n) is 2.52. The predicted molar refractivity (Wildman–Crippen MR) is 95.1 cm³/mol. The second-order valence-electron chi connectivity index (χ2n) is 6.01. The molecule has 2 aromatic carbocycles. The number of nitrogens with zero attached hydrogens (tertiary/aromatic N) is 1. The van der Waals surface area contributed by atoms with Crippen LogP contribution >= 0.6 is 0 Å². The lowest BCUT2D eigenvalue weighted by Gasteiger charge is -2.09. The van der Waals surface area contributed by atoms with Gasteiger partial charge in [0.2, 0.25) is 5.91 Å². The van der Waals surface area contributed by atoms with Gasteiger partial charge in [-0.1, -0.05) is 35.5 Å². The van der Waals surface area contributed by atoms with Crippen molar-refractivity contribution in [2.45, 2.75) is 19.9 Å². The molecular formula is C19H19N3O3. The molecule has 0 saturated heterocycles. The van der Waals surface area contributed by atoms with Crippen LogP contribution in [0.25, 0.3) is 22.2 Å². The number of carbonyl (C=O) groups is 2. The Balaban J connectivity index is 1.81. The number of nitrogens with one attached hydrogen (secondary N) is 2. The van der Waals surface area contributed by atoms with E-state index < -0.39 is 0 Å². The van der Waals surface area contributed by atoms with E-state index in [9.17, 15) is 9.59 Å². The molecule has 1 heterocycles. The highest BCUT2D eigenvalue weighted by Gasteiger charge is 2.14. The first-order valence-electron chi connectivity index (χ1n) is 8.07. The Morgan fingerprint density at radius 3 is 2.60 bits per heavy atom. The first-order chi connectivity index (χ1) is 12.0. The second-order valence-corrected chi connectivity index (χ2v) is 6.01. The molecule has 0 spiro atoms. The summed E-state index contributed by atoms with van der Waals surface area (Å²) in [6.45, 7) is 3.67. The molecule has 0 bridgehead atoms. The van der Waals surface area contributed by atoms with Gasteiger partial charge < -0.3 is 15.2 Å². The minimum Gasteiger partial charge on any atom is -0.355 e. The van der Waals surface area contributed by atoms with E-state index in [1.54, 1.807) is 18.2 Å². The summed E-state index contributed by atoms with van der Waals surface area (Å²) in [6.07, 6.45) is 0. The molecule has 0 aliphatic carbocycles. The number of amides is 2. The molecule has 0 unspecified atom stereocenters. The van der Waals surface area contributed by atoms with E-state index >= 15 is 0 Å². The van der Waals surface area contributed by atoms with Gasteiger partial charge in [-0.2, -0.15) is 0 Å². The van der Waals surface area contributed by atoms with Crippen molar-refractivity contribution >= 4 is 22.7 Å². The Hall–Kier alpha value is -3.15. The number of hydrogen-bond donors (Lipinski definition) is 2. The van der Waals surface area contributed by atoms with Gasteiger partial charge in [-0.3, -0.25) is 9.59 Å². The third kappa shape index (κ3) is 3.85. The van der Waals surface area contributed by atoms with E-state index in [1.807, 2.05) is 44.2 Å². The second kappa shape index (κ2) is 7.17. The van der Waals surface area contributed by atoms with Gasteiger partial charge in [0.1, 0.15) is 5.52 Å². The molecule has 1 aromatic heterocycles. The van der Waals surface area contributed by atoms with Crippen LogP contribution in [-0.4, -0.2) is 29.6 Å². The molecule has 0 aliphatic rings. The van der Waals surface area contributed by atoms with Crippen molar-refractivity contribution in [2.24, 2.45) is 0 Å². The van der Waals surface area contributed by atoms with Gasteiger partial charge in [-0.05, 0) is 32.0 Å². The molecule has 2 amide bonds. The topological polar surface area (TPSA) is 84.2 Å². The number of hydrogen-bond acceptors (Lipinski definition) is 4. The van der Waals surface area contributed by atoms with E-state index in [-0.39, 0.29) is 24.4 Å². The molecular weight excluding hydrogens is 318 g/mol. The lowest BCUT2D eigenvalue weighted by molar-refractivity contribution is -0.120. The highest BCUT2D eigenvalue weighted by molar-refractivity contribution is 6.01. The first kappa shape index (κ1) is 16.7. The summed E-state index contributed by atoms with van der Waals surface area (Å²) in [4.78, 5) is 24.0. The Morgan fingerprint density at radius 2 is 1.88 bits per heavy atom. The number of rotatable bonds is 5. The Kier molecular flexibility index (Phi) is 4.79. The molecule has 2 N–H and O–H groups in total. The Labute approximate surface area is 145 Å². The maximum atomic E-state index is 12.3. The number of carbonyl (C=O) groups excluding carboxylic acids is 2. The zero-order valence-corrected chi connectivity index (χ0v) is 14.1. The fraction of sp³-hybridized carbons (Fsp3) is 0.211. The molecule has 25 heavy (non-hydrogen) atoms. The molecule has 0 radical (unpaired) electrons. The van der Waals surface area contributed by atoms with Gasteiger partial charge in [-0.25, -0.2) is 0 Å². The third-order valence-electron chi connectivity index (χ3n) is 3.63. The van der Waals surface area contributed by atoms with Gasteiger partial charge >= 0.3 is 0 Å². The minimum absolute atomic E-state index is 0.0335. The summed E-state index contributed by atoms with van der Waals surface area (Å²) in [5, 5.41) is 10.1. The number of aromatic nitrogens is 1. The summed E-state index contributed by atoms with van der Waals surface area (Å²) in [6, 6.07) is 14.7.